The third kappa shape index (κ3) is 47.3. The molecule has 0 spiro atoms. The zero-order chi connectivity index (χ0) is 42.8. The van der Waals surface area contributed by atoms with Gasteiger partial charge in [-0.15, -0.1) is 0 Å². The van der Waals surface area contributed by atoms with E-state index in [0.29, 0.717) is 12.8 Å². The van der Waals surface area contributed by atoms with Crippen LogP contribution in [0.15, 0.2) is 48.6 Å². The average molecular weight is 826 g/mol. The standard InChI is InChI=1S/C55H103NO3/c1-3-5-7-9-11-13-15-17-19-21-23-25-27-29-30-32-34-36-38-40-42-44-46-48-50-54(58)53(52-57)56-55(59)51-49-47-45-43-41-39-37-35-33-31-28-26-24-22-20-18-16-14-12-10-8-6-4-2/h6,8,12,14,18,20,24,26,53-54,57-58H,3-5,7,9-11,13,15-17,19,21-23,25,27-52H2,1-2H3,(H,56,59)/b8-6-,14-12-,20-18-,26-24-. The molecule has 0 saturated carbocycles. The Bertz CT molecular complexity index is 939. The number of aliphatic hydroxyl groups is 2. The molecule has 0 heterocycles. The Morgan fingerprint density at radius 2 is 0.746 bits per heavy atom. The van der Waals surface area contributed by atoms with E-state index in [1.807, 2.05) is 0 Å². The van der Waals surface area contributed by atoms with E-state index in [0.717, 1.165) is 51.4 Å². The summed E-state index contributed by atoms with van der Waals surface area (Å²) in [5.41, 5.74) is 0. The first-order valence-corrected chi connectivity index (χ1v) is 26.3. The molecule has 4 heteroatoms. The zero-order valence-corrected chi connectivity index (χ0v) is 39.8. The molecule has 0 aromatic heterocycles. The van der Waals surface area contributed by atoms with Crippen molar-refractivity contribution in [2.45, 2.75) is 289 Å². The summed E-state index contributed by atoms with van der Waals surface area (Å²) < 4.78 is 0. The van der Waals surface area contributed by atoms with Crippen LogP contribution in [0.4, 0.5) is 0 Å². The van der Waals surface area contributed by atoms with Crippen LogP contribution in [0.5, 0.6) is 0 Å². The summed E-state index contributed by atoms with van der Waals surface area (Å²) in [5.74, 6) is -0.0343. The van der Waals surface area contributed by atoms with Crippen molar-refractivity contribution in [3.63, 3.8) is 0 Å². The van der Waals surface area contributed by atoms with E-state index in [2.05, 4.69) is 67.8 Å². The number of unbranched alkanes of at least 4 members (excludes halogenated alkanes) is 33. The number of hydrogen-bond acceptors (Lipinski definition) is 3. The number of allylic oxidation sites excluding steroid dienone is 8. The number of nitrogens with one attached hydrogen (secondary N) is 1. The van der Waals surface area contributed by atoms with Gasteiger partial charge in [-0.1, -0.05) is 268 Å². The van der Waals surface area contributed by atoms with Gasteiger partial charge >= 0.3 is 0 Å². The lowest BCUT2D eigenvalue weighted by atomic mass is 10.0. The van der Waals surface area contributed by atoms with Crippen LogP contribution in [0.2, 0.25) is 0 Å². The maximum atomic E-state index is 12.5. The van der Waals surface area contributed by atoms with Gasteiger partial charge in [0, 0.05) is 6.42 Å². The van der Waals surface area contributed by atoms with Gasteiger partial charge in [-0.2, -0.15) is 0 Å². The number of hydrogen-bond donors (Lipinski definition) is 3. The molecule has 0 aromatic carbocycles. The molecule has 4 nitrogen and oxygen atoms in total. The van der Waals surface area contributed by atoms with Crippen LogP contribution in [0, 0.1) is 0 Å². The van der Waals surface area contributed by atoms with Crippen molar-refractivity contribution in [3.05, 3.63) is 48.6 Å². The predicted octanol–water partition coefficient (Wildman–Crippen LogP) is 17.1. The molecule has 0 aliphatic carbocycles. The number of rotatable bonds is 48. The second-order valence-electron chi connectivity index (χ2n) is 17.9. The highest BCUT2D eigenvalue weighted by atomic mass is 16.3. The fourth-order valence-corrected chi connectivity index (χ4v) is 8.12. The number of aliphatic hydroxyl groups excluding tert-OH is 2. The quantitative estimate of drug-likeness (QED) is 0.0423. The Morgan fingerprint density at radius 3 is 1.12 bits per heavy atom. The van der Waals surface area contributed by atoms with Gasteiger partial charge in [0.1, 0.15) is 0 Å². The maximum absolute atomic E-state index is 12.5. The maximum Gasteiger partial charge on any atom is 0.220 e. The molecule has 0 aliphatic rings. The first kappa shape index (κ1) is 57.3. The Balaban J connectivity index is 3.48. The minimum absolute atomic E-state index is 0.0343. The Morgan fingerprint density at radius 1 is 0.424 bits per heavy atom. The fourth-order valence-electron chi connectivity index (χ4n) is 8.12. The molecule has 0 saturated heterocycles. The normalized spacial score (nSPS) is 13.2. The van der Waals surface area contributed by atoms with Gasteiger partial charge in [-0.3, -0.25) is 4.79 Å². The first-order valence-electron chi connectivity index (χ1n) is 26.3. The molecule has 0 fully saturated rings. The van der Waals surface area contributed by atoms with E-state index >= 15 is 0 Å². The second kappa shape index (κ2) is 50.7. The van der Waals surface area contributed by atoms with Crippen LogP contribution in [-0.4, -0.2) is 34.9 Å². The van der Waals surface area contributed by atoms with Gasteiger partial charge in [-0.05, 0) is 51.4 Å². The molecule has 0 aromatic rings. The molecular weight excluding hydrogens is 723 g/mol. The van der Waals surface area contributed by atoms with Crippen LogP contribution < -0.4 is 5.32 Å². The fraction of sp³-hybridized carbons (Fsp3) is 0.836. The summed E-state index contributed by atoms with van der Waals surface area (Å²) in [6.45, 7) is 4.27. The molecule has 0 aliphatic heterocycles. The molecule has 59 heavy (non-hydrogen) atoms. The van der Waals surface area contributed by atoms with Gasteiger partial charge in [0.15, 0.2) is 0 Å². The Kier molecular flexibility index (Phi) is 49.3. The predicted molar refractivity (Wildman–Crippen MR) is 262 cm³/mol. The second-order valence-corrected chi connectivity index (χ2v) is 17.9. The molecule has 2 unspecified atom stereocenters. The summed E-state index contributed by atoms with van der Waals surface area (Å²) >= 11 is 0. The monoisotopic (exact) mass is 826 g/mol. The lowest BCUT2D eigenvalue weighted by Crippen LogP contribution is -2.45. The Labute approximate surface area is 369 Å². The highest BCUT2D eigenvalue weighted by Crippen LogP contribution is 2.17. The molecule has 3 N–H and O–H groups in total. The highest BCUT2D eigenvalue weighted by Gasteiger charge is 2.20. The lowest BCUT2D eigenvalue weighted by molar-refractivity contribution is -0.123. The van der Waals surface area contributed by atoms with Crippen LogP contribution in [0.25, 0.3) is 0 Å². The van der Waals surface area contributed by atoms with Crippen molar-refractivity contribution < 1.29 is 15.0 Å². The largest absolute Gasteiger partial charge is 0.394 e. The minimum Gasteiger partial charge on any atom is -0.394 e. The van der Waals surface area contributed by atoms with Crippen LogP contribution >= 0.6 is 0 Å². The van der Waals surface area contributed by atoms with Crippen molar-refractivity contribution >= 4 is 5.91 Å². The molecular formula is C55H103NO3. The third-order valence-electron chi connectivity index (χ3n) is 12.1. The number of amides is 1. The zero-order valence-electron chi connectivity index (χ0n) is 39.8. The van der Waals surface area contributed by atoms with Gasteiger partial charge in [0.2, 0.25) is 5.91 Å². The molecule has 1 amide bonds. The first-order chi connectivity index (χ1) is 29.2. The highest BCUT2D eigenvalue weighted by molar-refractivity contribution is 5.76. The molecule has 0 rings (SSSR count). The lowest BCUT2D eigenvalue weighted by Gasteiger charge is -2.22. The van der Waals surface area contributed by atoms with E-state index in [-0.39, 0.29) is 12.5 Å². The Hall–Kier alpha value is -1.65. The number of carbonyl (C=O) groups is 1. The topological polar surface area (TPSA) is 69.6 Å². The third-order valence-corrected chi connectivity index (χ3v) is 12.1. The minimum atomic E-state index is -0.663. The van der Waals surface area contributed by atoms with E-state index in [4.69, 9.17) is 0 Å². The van der Waals surface area contributed by atoms with E-state index in [1.165, 1.54) is 199 Å². The van der Waals surface area contributed by atoms with Crippen LogP contribution in [-0.2, 0) is 4.79 Å². The summed E-state index contributed by atoms with van der Waals surface area (Å²) in [4.78, 5) is 12.5. The van der Waals surface area contributed by atoms with E-state index in [1.54, 1.807) is 0 Å². The van der Waals surface area contributed by atoms with Crippen molar-refractivity contribution in [3.8, 4) is 0 Å². The number of carbonyl (C=O) groups excluding carboxylic acids is 1. The van der Waals surface area contributed by atoms with Gasteiger partial charge < -0.3 is 15.5 Å². The van der Waals surface area contributed by atoms with Crippen LogP contribution in [0.3, 0.4) is 0 Å². The summed E-state index contributed by atoms with van der Waals surface area (Å²) in [5, 5.41) is 23.3. The van der Waals surface area contributed by atoms with E-state index in [9.17, 15) is 15.0 Å². The molecule has 2 atom stereocenters. The summed E-state index contributed by atoms with van der Waals surface area (Å²) in [6.07, 6.45) is 69.4. The summed E-state index contributed by atoms with van der Waals surface area (Å²) in [6, 6.07) is -0.541. The summed E-state index contributed by atoms with van der Waals surface area (Å²) in [7, 11) is 0. The average Bonchev–Trinajstić information content (AvgIpc) is 3.24. The van der Waals surface area contributed by atoms with Crippen molar-refractivity contribution in [1.82, 2.24) is 5.32 Å². The molecule has 0 bridgehead atoms. The van der Waals surface area contributed by atoms with Gasteiger partial charge in [0.25, 0.3) is 0 Å². The SMILES string of the molecule is CC/C=C\C/C=C\C/C=C\C/C=C\CCCCCCCCCCCCC(=O)NC(CO)C(O)CCCCCCCCCCCCCCCCCCCCCCCCCC. The van der Waals surface area contributed by atoms with Crippen molar-refractivity contribution in [1.29, 1.82) is 0 Å². The van der Waals surface area contributed by atoms with Crippen molar-refractivity contribution in [2.75, 3.05) is 6.61 Å². The van der Waals surface area contributed by atoms with E-state index < -0.39 is 12.1 Å². The van der Waals surface area contributed by atoms with Gasteiger partial charge in [-0.25, -0.2) is 0 Å². The smallest absolute Gasteiger partial charge is 0.220 e. The molecule has 346 valence electrons. The van der Waals surface area contributed by atoms with Crippen LogP contribution in [0.1, 0.15) is 277 Å². The van der Waals surface area contributed by atoms with Gasteiger partial charge in [0.05, 0.1) is 18.8 Å². The molecule has 0 radical (unpaired) electrons. The van der Waals surface area contributed by atoms with Crippen molar-refractivity contribution in [2.24, 2.45) is 0 Å².